The number of rotatable bonds is 8. The van der Waals surface area contributed by atoms with E-state index in [2.05, 4.69) is 26.6 Å². The van der Waals surface area contributed by atoms with Gasteiger partial charge in [0.25, 0.3) is 5.91 Å². The van der Waals surface area contributed by atoms with E-state index in [1.54, 1.807) is 5.01 Å². The second-order valence-electron chi connectivity index (χ2n) is 8.37. The zero-order chi connectivity index (χ0) is 21.8. The van der Waals surface area contributed by atoms with Crippen molar-refractivity contribution < 1.29 is 14.3 Å². The van der Waals surface area contributed by atoms with E-state index in [-0.39, 0.29) is 18.0 Å². The van der Waals surface area contributed by atoms with Gasteiger partial charge in [-0.15, -0.1) is 12.3 Å². The van der Waals surface area contributed by atoms with Gasteiger partial charge in [-0.25, -0.2) is 4.79 Å². The maximum Gasteiger partial charge on any atom is 0.331 e. The molecule has 0 fully saturated rings. The van der Waals surface area contributed by atoms with E-state index in [1.807, 2.05) is 51.1 Å². The molecule has 1 atom stereocenters. The molecule has 0 saturated heterocycles. The number of hydrazone groups is 1. The van der Waals surface area contributed by atoms with Gasteiger partial charge in [-0.2, -0.15) is 15.3 Å². The summed E-state index contributed by atoms with van der Waals surface area (Å²) in [5.41, 5.74) is -0.0715. The second kappa shape index (κ2) is 8.66. The minimum atomic E-state index is -0.692. The van der Waals surface area contributed by atoms with Crippen LogP contribution in [0, 0.1) is 12.3 Å². The number of ether oxygens (including phenoxy) is 1. The molecule has 8 heteroatoms. The van der Waals surface area contributed by atoms with E-state index in [1.165, 1.54) is 0 Å². The van der Waals surface area contributed by atoms with E-state index < -0.39 is 23.3 Å². The summed E-state index contributed by atoms with van der Waals surface area (Å²) >= 11 is 0. The SMILES string of the molecule is C#CCCC1(CCNC(=O)C2=NN(c3ccccc3)C(C(=O)OC(C)(C)C)C2)N=N1. The highest BCUT2D eigenvalue weighted by Crippen LogP contribution is 2.36. The molecule has 3 rings (SSSR count). The number of esters is 1. The fourth-order valence-corrected chi connectivity index (χ4v) is 3.17. The topological polar surface area (TPSA) is 95.7 Å². The van der Waals surface area contributed by atoms with Crippen molar-refractivity contribution in [2.45, 2.75) is 63.8 Å². The van der Waals surface area contributed by atoms with Crippen LogP contribution < -0.4 is 10.3 Å². The first-order valence-corrected chi connectivity index (χ1v) is 10.0. The molecule has 1 unspecified atom stereocenters. The zero-order valence-corrected chi connectivity index (χ0v) is 17.6. The smallest absolute Gasteiger partial charge is 0.331 e. The van der Waals surface area contributed by atoms with E-state index in [9.17, 15) is 9.59 Å². The molecule has 2 heterocycles. The minimum absolute atomic E-state index is 0.173. The molecule has 0 aliphatic carbocycles. The normalized spacial score (nSPS) is 19.1. The highest BCUT2D eigenvalue weighted by Gasteiger charge is 2.40. The van der Waals surface area contributed by atoms with Crippen molar-refractivity contribution in [3.8, 4) is 12.3 Å². The number of benzene rings is 1. The van der Waals surface area contributed by atoms with Crippen LogP contribution in [0.4, 0.5) is 5.69 Å². The molecule has 0 bridgehead atoms. The van der Waals surface area contributed by atoms with Crippen LogP contribution in [0.15, 0.2) is 45.7 Å². The maximum atomic E-state index is 12.8. The van der Waals surface area contributed by atoms with Crippen LogP contribution >= 0.6 is 0 Å². The van der Waals surface area contributed by atoms with Crippen molar-refractivity contribution >= 4 is 23.3 Å². The van der Waals surface area contributed by atoms with E-state index in [0.29, 0.717) is 25.8 Å². The Labute approximate surface area is 176 Å². The fraction of sp³-hybridized carbons (Fsp3) is 0.500. The first-order valence-electron chi connectivity index (χ1n) is 10.0. The lowest BCUT2D eigenvalue weighted by atomic mass is 10.0. The Morgan fingerprint density at radius 3 is 2.57 bits per heavy atom. The first kappa shape index (κ1) is 21.5. The monoisotopic (exact) mass is 409 g/mol. The molecule has 0 spiro atoms. The molecule has 30 heavy (non-hydrogen) atoms. The van der Waals surface area contributed by atoms with Crippen molar-refractivity contribution in [1.29, 1.82) is 0 Å². The molecular formula is C22H27N5O3. The fourth-order valence-electron chi connectivity index (χ4n) is 3.17. The van der Waals surface area contributed by atoms with Gasteiger partial charge < -0.3 is 10.1 Å². The summed E-state index contributed by atoms with van der Waals surface area (Å²) in [5.74, 6) is 1.86. The number of amides is 1. The van der Waals surface area contributed by atoms with Gasteiger partial charge in [-0.05, 0) is 32.9 Å². The van der Waals surface area contributed by atoms with Gasteiger partial charge in [0.15, 0.2) is 11.7 Å². The van der Waals surface area contributed by atoms with E-state index in [0.717, 1.165) is 5.69 Å². The maximum absolute atomic E-state index is 12.8. The summed E-state index contributed by atoms with van der Waals surface area (Å²) in [4.78, 5) is 25.4. The van der Waals surface area contributed by atoms with Crippen molar-refractivity contribution in [2.75, 3.05) is 11.6 Å². The van der Waals surface area contributed by atoms with Gasteiger partial charge in [0.1, 0.15) is 11.3 Å². The van der Waals surface area contributed by atoms with Crippen molar-refractivity contribution in [1.82, 2.24) is 5.32 Å². The van der Waals surface area contributed by atoms with Crippen molar-refractivity contribution in [2.24, 2.45) is 15.3 Å². The lowest BCUT2D eigenvalue weighted by Gasteiger charge is -2.26. The lowest BCUT2D eigenvalue weighted by molar-refractivity contribution is -0.156. The molecule has 1 N–H and O–H groups in total. The Morgan fingerprint density at radius 1 is 1.27 bits per heavy atom. The Morgan fingerprint density at radius 2 is 1.97 bits per heavy atom. The predicted molar refractivity (Wildman–Crippen MR) is 114 cm³/mol. The molecule has 2 aliphatic heterocycles. The highest BCUT2D eigenvalue weighted by molar-refractivity contribution is 6.40. The van der Waals surface area contributed by atoms with Gasteiger partial charge in [0.2, 0.25) is 0 Å². The molecule has 2 aliphatic rings. The number of nitrogens with one attached hydrogen (secondary N) is 1. The molecule has 1 aromatic carbocycles. The summed E-state index contributed by atoms with van der Waals surface area (Å²) in [6, 6.07) is 8.58. The predicted octanol–water partition coefficient (Wildman–Crippen LogP) is 3.04. The number of carbonyl (C=O) groups is 2. The standard InChI is InChI=1S/C22H27N5O3/c1-5-6-12-22(25-26-22)13-14-23-19(28)17-15-18(20(29)30-21(2,3)4)27(24-17)16-10-8-7-9-11-16/h1,7-11,18H,6,12-15H2,2-4H3,(H,23,28). The third-order valence-electron chi connectivity index (χ3n) is 4.74. The van der Waals surface area contributed by atoms with Crippen LogP contribution in [0.2, 0.25) is 0 Å². The van der Waals surface area contributed by atoms with Gasteiger partial charge in [-0.3, -0.25) is 9.80 Å². The van der Waals surface area contributed by atoms with Crippen LogP contribution in [0.1, 0.15) is 46.5 Å². The summed E-state index contributed by atoms with van der Waals surface area (Å²) in [5, 5.41) is 17.0. The Hall–Kier alpha value is -3.21. The zero-order valence-electron chi connectivity index (χ0n) is 17.6. The van der Waals surface area contributed by atoms with E-state index >= 15 is 0 Å². The van der Waals surface area contributed by atoms with Gasteiger partial charge in [-0.1, -0.05) is 18.2 Å². The van der Waals surface area contributed by atoms with Gasteiger partial charge in [0.05, 0.1) is 5.69 Å². The van der Waals surface area contributed by atoms with Crippen LogP contribution in [-0.2, 0) is 14.3 Å². The number of hydrogen-bond donors (Lipinski definition) is 1. The summed E-state index contributed by atoms with van der Waals surface area (Å²) in [6.45, 7) is 5.83. The Balaban J connectivity index is 1.65. The molecular weight excluding hydrogens is 382 g/mol. The van der Waals surface area contributed by atoms with E-state index in [4.69, 9.17) is 11.2 Å². The molecule has 8 nitrogen and oxygen atoms in total. The van der Waals surface area contributed by atoms with Gasteiger partial charge in [0, 0.05) is 32.2 Å². The number of anilines is 1. The quantitative estimate of drug-likeness (QED) is 0.527. The molecule has 0 aromatic heterocycles. The Bertz CT molecular complexity index is 890. The number of terminal acetylenes is 1. The summed E-state index contributed by atoms with van der Waals surface area (Å²) in [6.07, 6.45) is 7.34. The molecule has 158 valence electrons. The van der Waals surface area contributed by atoms with Gasteiger partial charge >= 0.3 is 5.97 Å². The highest BCUT2D eigenvalue weighted by atomic mass is 16.6. The average Bonchev–Trinajstić information content (AvgIpc) is 3.31. The average molecular weight is 409 g/mol. The van der Waals surface area contributed by atoms with Crippen LogP contribution in [0.25, 0.3) is 0 Å². The summed E-state index contributed by atoms with van der Waals surface area (Å²) in [7, 11) is 0. The van der Waals surface area contributed by atoms with Crippen molar-refractivity contribution in [3.05, 3.63) is 30.3 Å². The second-order valence-corrected chi connectivity index (χ2v) is 8.37. The number of carbonyl (C=O) groups excluding carboxylic acids is 2. The third kappa shape index (κ3) is 5.44. The molecule has 0 radical (unpaired) electrons. The Kier molecular flexibility index (Phi) is 6.20. The number of nitrogens with zero attached hydrogens (tertiary/aromatic N) is 4. The van der Waals surface area contributed by atoms with Crippen LogP contribution in [-0.4, -0.2) is 41.4 Å². The first-order chi connectivity index (χ1) is 14.2. The van der Waals surface area contributed by atoms with Crippen molar-refractivity contribution in [3.63, 3.8) is 0 Å². The number of para-hydroxylation sites is 1. The number of hydrogen-bond acceptors (Lipinski definition) is 7. The van der Waals surface area contributed by atoms with Crippen LogP contribution in [0.5, 0.6) is 0 Å². The third-order valence-corrected chi connectivity index (χ3v) is 4.74. The lowest BCUT2D eigenvalue weighted by Crippen LogP contribution is -2.40. The summed E-state index contributed by atoms with van der Waals surface area (Å²) < 4.78 is 5.55. The molecule has 0 saturated carbocycles. The van der Waals surface area contributed by atoms with Crippen LogP contribution in [0.3, 0.4) is 0 Å². The molecule has 1 aromatic rings. The largest absolute Gasteiger partial charge is 0.458 e. The molecule has 1 amide bonds. The minimum Gasteiger partial charge on any atom is -0.458 e.